The minimum absolute atomic E-state index is 0.0632. The summed E-state index contributed by atoms with van der Waals surface area (Å²) in [4.78, 5) is 23.7. The zero-order chi connectivity index (χ0) is 18.6. The Labute approximate surface area is 145 Å². The van der Waals surface area contributed by atoms with Crippen LogP contribution >= 0.6 is 0 Å². The van der Waals surface area contributed by atoms with Crippen molar-refractivity contribution in [3.8, 4) is 0 Å². The van der Waals surface area contributed by atoms with Crippen LogP contribution in [0.4, 0.5) is 5.69 Å². The number of nitrogens with one attached hydrogen (secondary N) is 1. The topological polar surface area (TPSA) is 116 Å². The summed E-state index contributed by atoms with van der Waals surface area (Å²) in [7, 11) is -3.79. The van der Waals surface area contributed by atoms with E-state index >= 15 is 0 Å². The highest BCUT2D eigenvalue weighted by Gasteiger charge is 2.12. The average Bonchev–Trinajstić information content (AvgIpc) is 2.51. The van der Waals surface area contributed by atoms with Crippen LogP contribution < -0.4 is 10.5 Å². The number of rotatable bonds is 5. The molecular weight excluding hydrogens is 344 g/mol. The second-order valence-electron chi connectivity index (χ2n) is 5.57. The van der Waals surface area contributed by atoms with Gasteiger partial charge in [0.15, 0.2) is 6.61 Å². The van der Waals surface area contributed by atoms with Gasteiger partial charge in [-0.2, -0.15) is 0 Å². The monoisotopic (exact) mass is 362 g/mol. The number of carbonyl (C=O) groups is 2. The lowest BCUT2D eigenvalue weighted by atomic mass is 10.1. The number of amides is 1. The number of sulfonamides is 1. The van der Waals surface area contributed by atoms with E-state index in [0.29, 0.717) is 11.3 Å². The van der Waals surface area contributed by atoms with Gasteiger partial charge in [-0.1, -0.05) is 17.2 Å². The van der Waals surface area contributed by atoms with Crippen molar-refractivity contribution in [2.45, 2.75) is 18.7 Å². The fraction of sp³-hybridized carbons (Fsp3) is 0.176. The molecule has 0 bridgehead atoms. The third kappa shape index (κ3) is 5.40. The fourth-order valence-corrected chi connectivity index (χ4v) is 2.75. The molecule has 0 unspecified atom stereocenters. The van der Waals surface area contributed by atoms with Gasteiger partial charge in [0.2, 0.25) is 10.0 Å². The normalized spacial score (nSPS) is 11.0. The molecule has 0 aliphatic carbocycles. The lowest BCUT2D eigenvalue weighted by molar-refractivity contribution is -0.119. The van der Waals surface area contributed by atoms with Crippen LogP contribution in [0.2, 0.25) is 0 Å². The van der Waals surface area contributed by atoms with Gasteiger partial charge < -0.3 is 10.1 Å². The molecule has 2 aromatic carbocycles. The predicted octanol–water partition coefficient (Wildman–Crippen LogP) is 1.75. The van der Waals surface area contributed by atoms with Crippen LogP contribution in [0, 0.1) is 13.8 Å². The molecule has 0 saturated heterocycles. The van der Waals surface area contributed by atoms with Gasteiger partial charge in [-0.15, -0.1) is 0 Å². The molecule has 0 atom stereocenters. The second kappa shape index (κ2) is 7.45. The molecule has 2 rings (SSSR count). The molecule has 0 aliphatic heterocycles. The summed E-state index contributed by atoms with van der Waals surface area (Å²) in [5, 5.41) is 7.49. The van der Waals surface area contributed by atoms with Crippen molar-refractivity contribution in [3.05, 3.63) is 59.2 Å². The number of primary sulfonamides is 1. The highest BCUT2D eigenvalue weighted by Crippen LogP contribution is 2.13. The smallest absolute Gasteiger partial charge is 0.338 e. The van der Waals surface area contributed by atoms with Gasteiger partial charge in [0, 0.05) is 5.69 Å². The minimum atomic E-state index is -3.79. The summed E-state index contributed by atoms with van der Waals surface area (Å²) in [5.41, 5.74) is 2.58. The maximum atomic E-state index is 12.0. The van der Waals surface area contributed by atoms with E-state index in [9.17, 15) is 18.0 Å². The van der Waals surface area contributed by atoms with E-state index in [1.54, 1.807) is 12.1 Å². The molecule has 0 heterocycles. The highest BCUT2D eigenvalue weighted by atomic mass is 32.2. The summed E-state index contributed by atoms with van der Waals surface area (Å²) >= 11 is 0. The number of hydrogen-bond acceptors (Lipinski definition) is 5. The summed E-state index contributed by atoms with van der Waals surface area (Å²) in [5.74, 6) is -1.13. The van der Waals surface area contributed by atoms with Crippen molar-refractivity contribution < 1.29 is 22.7 Å². The third-order valence-electron chi connectivity index (χ3n) is 3.26. The minimum Gasteiger partial charge on any atom is -0.452 e. The molecule has 1 amide bonds. The molecule has 0 spiro atoms. The quantitative estimate of drug-likeness (QED) is 0.786. The van der Waals surface area contributed by atoms with Gasteiger partial charge in [-0.05, 0) is 50.2 Å². The molecule has 7 nitrogen and oxygen atoms in total. The van der Waals surface area contributed by atoms with Gasteiger partial charge in [0.05, 0.1) is 10.5 Å². The summed E-state index contributed by atoms with van der Waals surface area (Å²) in [6.07, 6.45) is 0. The van der Waals surface area contributed by atoms with Gasteiger partial charge in [-0.3, -0.25) is 4.79 Å². The van der Waals surface area contributed by atoms with Crippen molar-refractivity contribution >= 4 is 27.6 Å². The number of anilines is 1. The van der Waals surface area contributed by atoms with E-state index in [1.807, 2.05) is 19.9 Å². The van der Waals surface area contributed by atoms with E-state index < -0.39 is 28.5 Å². The molecule has 3 N–H and O–H groups in total. The third-order valence-corrected chi connectivity index (χ3v) is 4.19. The largest absolute Gasteiger partial charge is 0.452 e. The molecule has 132 valence electrons. The van der Waals surface area contributed by atoms with Crippen LogP contribution in [0.1, 0.15) is 21.5 Å². The van der Waals surface area contributed by atoms with Crippen molar-refractivity contribution in [3.63, 3.8) is 0 Å². The Bertz CT molecular complexity index is 885. The Balaban J connectivity index is 1.93. The summed E-state index contributed by atoms with van der Waals surface area (Å²) in [6, 6.07) is 10.6. The molecule has 25 heavy (non-hydrogen) atoms. The lowest BCUT2D eigenvalue weighted by Gasteiger charge is -2.08. The van der Waals surface area contributed by atoms with Crippen molar-refractivity contribution in [1.82, 2.24) is 0 Å². The van der Waals surface area contributed by atoms with Crippen LogP contribution in [0.3, 0.4) is 0 Å². The van der Waals surface area contributed by atoms with Crippen LogP contribution in [-0.4, -0.2) is 26.9 Å². The Hall–Kier alpha value is -2.71. The number of benzene rings is 2. The molecule has 0 aromatic heterocycles. The zero-order valence-corrected chi connectivity index (χ0v) is 14.6. The number of nitrogens with two attached hydrogens (primary N) is 1. The highest BCUT2D eigenvalue weighted by molar-refractivity contribution is 7.89. The standard InChI is InChI=1S/C17H18N2O5S/c1-11-7-12(2)9-13(8-11)17(21)24-10-16(20)19-14-3-5-15(6-4-14)25(18,22)23/h3-9H,10H2,1-2H3,(H,19,20)(H2,18,22,23). The van der Waals surface area contributed by atoms with Crippen molar-refractivity contribution in [1.29, 1.82) is 0 Å². The molecule has 0 radical (unpaired) electrons. The maximum Gasteiger partial charge on any atom is 0.338 e. The maximum absolute atomic E-state index is 12.0. The Kier molecular flexibility index (Phi) is 5.55. The van der Waals surface area contributed by atoms with Gasteiger partial charge in [0.25, 0.3) is 5.91 Å². The number of aryl methyl sites for hydroxylation is 2. The van der Waals surface area contributed by atoms with E-state index in [1.165, 1.54) is 24.3 Å². The first-order valence-electron chi connectivity index (χ1n) is 7.33. The SMILES string of the molecule is Cc1cc(C)cc(C(=O)OCC(=O)Nc2ccc(S(N)(=O)=O)cc2)c1. The number of hydrogen-bond donors (Lipinski definition) is 2. The molecule has 0 fully saturated rings. The lowest BCUT2D eigenvalue weighted by Crippen LogP contribution is -2.21. The molecular formula is C17H18N2O5S. The van der Waals surface area contributed by atoms with E-state index in [0.717, 1.165) is 11.1 Å². The van der Waals surface area contributed by atoms with Crippen molar-refractivity contribution in [2.75, 3.05) is 11.9 Å². The first-order chi connectivity index (χ1) is 11.6. The molecule has 8 heteroatoms. The van der Waals surface area contributed by atoms with Gasteiger partial charge in [0.1, 0.15) is 0 Å². The van der Waals surface area contributed by atoms with Crippen LogP contribution in [0.25, 0.3) is 0 Å². The van der Waals surface area contributed by atoms with E-state index in [-0.39, 0.29) is 4.90 Å². The fourth-order valence-electron chi connectivity index (χ4n) is 2.23. The number of esters is 1. The van der Waals surface area contributed by atoms with E-state index in [2.05, 4.69) is 5.32 Å². The second-order valence-corrected chi connectivity index (χ2v) is 7.13. The van der Waals surface area contributed by atoms with Crippen LogP contribution in [-0.2, 0) is 19.6 Å². The number of carbonyl (C=O) groups excluding carboxylic acids is 2. The Morgan fingerprint density at radius 2 is 1.60 bits per heavy atom. The molecule has 0 saturated carbocycles. The van der Waals surface area contributed by atoms with Gasteiger partial charge >= 0.3 is 5.97 Å². The van der Waals surface area contributed by atoms with Crippen molar-refractivity contribution in [2.24, 2.45) is 5.14 Å². The molecule has 0 aliphatic rings. The predicted molar refractivity (Wildman–Crippen MR) is 92.6 cm³/mol. The Morgan fingerprint density at radius 3 is 2.12 bits per heavy atom. The van der Waals surface area contributed by atoms with Crippen LogP contribution in [0.5, 0.6) is 0 Å². The zero-order valence-electron chi connectivity index (χ0n) is 13.8. The summed E-state index contributed by atoms with van der Waals surface area (Å²) in [6.45, 7) is 3.27. The number of ether oxygens (including phenoxy) is 1. The van der Waals surface area contributed by atoms with E-state index in [4.69, 9.17) is 9.88 Å². The first kappa shape index (κ1) is 18.6. The first-order valence-corrected chi connectivity index (χ1v) is 8.88. The summed E-state index contributed by atoms with van der Waals surface area (Å²) < 4.78 is 27.3. The van der Waals surface area contributed by atoms with Crippen LogP contribution in [0.15, 0.2) is 47.4 Å². The average molecular weight is 362 g/mol. The Morgan fingerprint density at radius 1 is 1.04 bits per heavy atom. The van der Waals surface area contributed by atoms with Gasteiger partial charge in [-0.25, -0.2) is 18.4 Å². The molecule has 2 aromatic rings.